The van der Waals surface area contributed by atoms with Gasteiger partial charge in [-0.3, -0.25) is 15.4 Å². The highest BCUT2D eigenvalue weighted by Gasteiger charge is 2.22. The molecule has 26 heavy (non-hydrogen) atoms. The monoisotopic (exact) mass is 379 g/mol. The maximum atomic E-state index is 12.4. The third-order valence-corrected chi connectivity index (χ3v) is 4.70. The molecule has 0 aliphatic carbocycles. The number of rotatable bonds is 7. The summed E-state index contributed by atoms with van der Waals surface area (Å²) >= 11 is 0. The Morgan fingerprint density at radius 3 is 2.50 bits per heavy atom. The molecule has 0 unspecified atom stereocenters. The average molecular weight is 379 g/mol. The number of sulfonamides is 1. The first-order chi connectivity index (χ1) is 12.3. The molecule has 0 saturated heterocycles. The Kier molecular flexibility index (Phi) is 6.26. The second-order valence-corrected chi connectivity index (χ2v) is 6.86. The summed E-state index contributed by atoms with van der Waals surface area (Å²) in [5, 5.41) is 13.4. The van der Waals surface area contributed by atoms with Gasteiger partial charge in [-0.05, 0) is 24.6 Å². The van der Waals surface area contributed by atoms with E-state index < -0.39 is 26.7 Å². The summed E-state index contributed by atoms with van der Waals surface area (Å²) in [6.45, 7) is 1.72. The van der Waals surface area contributed by atoms with Gasteiger partial charge in [0, 0.05) is 12.6 Å². The number of nitro benzene ring substituents is 1. The maximum Gasteiger partial charge on any atom is 0.411 e. The largest absolute Gasteiger partial charge is 0.450 e. The average Bonchev–Trinajstić information content (AvgIpc) is 2.61. The smallest absolute Gasteiger partial charge is 0.411 e. The van der Waals surface area contributed by atoms with Gasteiger partial charge in [-0.2, -0.15) is 0 Å². The standard InChI is InChI=1S/C16H17N3O6S/c1-2-25-16(20)18-14-9-8-13(10-15(14)19(21)22)26(23,24)17-11-12-6-4-3-5-7-12/h3-10,17H,2,11H2,1H3,(H,18,20). The number of hydrogen-bond donors (Lipinski definition) is 2. The Labute approximate surface area is 150 Å². The fraction of sp³-hybridized carbons (Fsp3) is 0.188. The van der Waals surface area contributed by atoms with Crippen molar-refractivity contribution in [3.63, 3.8) is 0 Å². The molecule has 2 N–H and O–H groups in total. The van der Waals surface area contributed by atoms with Crippen LogP contribution in [-0.2, 0) is 21.3 Å². The summed E-state index contributed by atoms with van der Waals surface area (Å²) in [7, 11) is -3.97. The van der Waals surface area contributed by atoms with Crippen LogP contribution in [-0.4, -0.2) is 26.0 Å². The first kappa shape index (κ1) is 19.3. The topological polar surface area (TPSA) is 128 Å². The highest BCUT2D eigenvalue weighted by Crippen LogP contribution is 2.27. The van der Waals surface area contributed by atoms with Gasteiger partial charge >= 0.3 is 6.09 Å². The zero-order valence-electron chi connectivity index (χ0n) is 13.8. The summed E-state index contributed by atoms with van der Waals surface area (Å²) in [5.41, 5.74) is 0.0299. The Balaban J connectivity index is 2.24. The van der Waals surface area contributed by atoms with Gasteiger partial charge in [-0.15, -0.1) is 0 Å². The number of nitrogens with zero attached hydrogens (tertiary/aromatic N) is 1. The van der Waals surface area contributed by atoms with Crippen molar-refractivity contribution in [3.8, 4) is 0 Å². The Morgan fingerprint density at radius 2 is 1.88 bits per heavy atom. The van der Waals surface area contributed by atoms with Crippen LogP contribution in [0, 0.1) is 10.1 Å². The number of nitro groups is 1. The van der Waals surface area contributed by atoms with Crippen molar-refractivity contribution < 1.29 is 22.9 Å². The molecule has 0 aliphatic rings. The van der Waals surface area contributed by atoms with Gasteiger partial charge in [0.2, 0.25) is 10.0 Å². The number of carbonyl (C=O) groups is 1. The second-order valence-electron chi connectivity index (χ2n) is 5.09. The minimum Gasteiger partial charge on any atom is -0.450 e. The van der Waals surface area contributed by atoms with E-state index in [1.54, 1.807) is 37.3 Å². The quantitative estimate of drug-likeness (QED) is 0.562. The van der Waals surface area contributed by atoms with Crippen molar-refractivity contribution in [3.05, 3.63) is 64.2 Å². The van der Waals surface area contributed by atoms with Crippen LogP contribution >= 0.6 is 0 Å². The fourth-order valence-corrected chi connectivity index (χ4v) is 3.11. The molecule has 2 rings (SSSR count). The molecule has 2 aromatic carbocycles. The molecular weight excluding hydrogens is 362 g/mol. The van der Waals surface area contributed by atoms with Crippen LogP contribution in [0.15, 0.2) is 53.4 Å². The van der Waals surface area contributed by atoms with Crippen LogP contribution in [0.3, 0.4) is 0 Å². The maximum absolute atomic E-state index is 12.4. The van der Waals surface area contributed by atoms with Gasteiger partial charge in [0.25, 0.3) is 5.69 Å². The highest BCUT2D eigenvalue weighted by atomic mass is 32.2. The Bertz CT molecular complexity index is 899. The molecular formula is C16H17N3O6S. The van der Waals surface area contributed by atoms with E-state index in [0.717, 1.165) is 17.7 Å². The molecule has 0 spiro atoms. The van der Waals surface area contributed by atoms with E-state index >= 15 is 0 Å². The molecule has 1 amide bonds. The van der Waals surface area contributed by atoms with E-state index in [4.69, 9.17) is 0 Å². The lowest BCUT2D eigenvalue weighted by Gasteiger charge is -2.09. The first-order valence-electron chi connectivity index (χ1n) is 7.59. The lowest BCUT2D eigenvalue weighted by atomic mass is 10.2. The second kappa shape index (κ2) is 8.41. The van der Waals surface area contributed by atoms with Crippen molar-refractivity contribution in [2.45, 2.75) is 18.4 Å². The number of amides is 1. The molecule has 0 heterocycles. The summed E-state index contributed by atoms with van der Waals surface area (Å²) < 4.78 is 31.8. The number of hydrogen-bond acceptors (Lipinski definition) is 6. The van der Waals surface area contributed by atoms with E-state index in [1.165, 1.54) is 6.07 Å². The predicted molar refractivity (Wildman–Crippen MR) is 94.2 cm³/mol. The predicted octanol–water partition coefficient (Wildman–Crippen LogP) is 2.64. The van der Waals surface area contributed by atoms with Gasteiger partial charge in [0.1, 0.15) is 5.69 Å². The van der Waals surface area contributed by atoms with Crippen molar-refractivity contribution in [1.82, 2.24) is 4.72 Å². The highest BCUT2D eigenvalue weighted by molar-refractivity contribution is 7.89. The summed E-state index contributed by atoms with van der Waals surface area (Å²) in [4.78, 5) is 21.6. The van der Waals surface area contributed by atoms with Crippen LogP contribution < -0.4 is 10.0 Å². The van der Waals surface area contributed by atoms with Gasteiger partial charge in [0.15, 0.2) is 0 Å². The molecule has 9 nitrogen and oxygen atoms in total. The van der Waals surface area contributed by atoms with Crippen LogP contribution in [0.5, 0.6) is 0 Å². The molecule has 0 atom stereocenters. The van der Waals surface area contributed by atoms with Gasteiger partial charge in [-0.25, -0.2) is 17.9 Å². The number of benzene rings is 2. The molecule has 0 radical (unpaired) electrons. The molecule has 0 aromatic heterocycles. The van der Waals surface area contributed by atoms with Crippen LogP contribution in [0.25, 0.3) is 0 Å². The lowest BCUT2D eigenvalue weighted by Crippen LogP contribution is -2.23. The third kappa shape index (κ3) is 5.01. The van der Waals surface area contributed by atoms with Crippen molar-refractivity contribution in [2.75, 3.05) is 11.9 Å². The van der Waals surface area contributed by atoms with Crippen LogP contribution in [0.4, 0.5) is 16.2 Å². The number of nitrogens with one attached hydrogen (secondary N) is 2. The molecule has 10 heteroatoms. The summed E-state index contributed by atoms with van der Waals surface area (Å²) in [6.07, 6.45) is -0.867. The first-order valence-corrected chi connectivity index (χ1v) is 9.07. The Hall–Kier alpha value is -2.98. The summed E-state index contributed by atoms with van der Waals surface area (Å²) in [5.74, 6) is 0. The normalized spacial score (nSPS) is 11.0. The van der Waals surface area contributed by atoms with Crippen LogP contribution in [0.1, 0.15) is 12.5 Å². The fourth-order valence-electron chi connectivity index (χ4n) is 2.07. The lowest BCUT2D eigenvalue weighted by molar-refractivity contribution is -0.384. The van der Waals surface area contributed by atoms with E-state index in [0.29, 0.717) is 0 Å². The van der Waals surface area contributed by atoms with Gasteiger partial charge < -0.3 is 4.74 Å². The minimum absolute atomic E-state index is 0.0415. The van der Waals surface area contributed by atoms with E-state index in [2.05, 4.69) is 14.8 Å². The number of ether oxygens (including phenoxy) is 1. The number of carbonyl (C=O) groups excluding carboxylic acids is 1. The molecule has 138 valence electrons. The van der Waals surface area contributed by atoms with Crippen LogP contribution in [0.2, 0.25) is 0 Å². The van der Waals surface area contributed by atoms with Crippen molar-refractivity contribution in [2.24, 2.45) is 0 Å². The SMILES string of the molecule is CCOC(=O)Nc1ccc(S(=O)(=O)NCc2ccccc2)cc1[N+](=O)[O-]. The molecule has 0 saturated carbocycles. The van der Waals surface area contributed by atoms with E-state index in [1.807, 2.05) is 0 Å². The van der Waals surface area contributed by atoms with Gasteiger partial charge in [-0.1, -0.05) is 30.3 Å². The molecule has 0 bridgehead atoms. The van der Waals surface area contributed by atoms with Gasteiger partial charge in [0.05, 0.1) is 16.4 Å². The Morgan fingerprint density at radius 1 is 1.19 bits per heavy atom. The van der Waals surface area contributed by atoms with E-state index in [9.17, 15) is 23.3 Å². The third-order valence-electron chi connectivity index (χ3n) is 3.30. The summed E-state index contributed by atoms with van der Waals surface area (Å²) in [6, 6.07) is 12.0. The van der Waals surface area contributed by atoms with Crippen molar-refractivity contribution >= 4 is 27.5 Å². The zero-order valence-corrected chi connectivity index (χ0v) is 14.7. The molecule has 0 fully saturated rings. The molecule has 0 aliphatic heterocycles. The number of anilines is 1. The zero-order chi connectivity index (χ0) is 19.2. The van der Waals surface area contributed by atoms with Crippen molar-refractivity contribution in [1.29, 1.82) is 0 Å². The minimum atomic E-state index is -3.97. The van der Waals surface area contributed by atoms with E-state index in [-0.39, 0.29) is 23.7 Å². The molecule has 2 aromatic rings.